The Hall–Kier alpha value is -3.42. The summed E-state index contributed by atoms with van der Waals surface area (Å²) < 4.78 is 20.3. The molecule has 2 amide bonds. The highest BCUT2D eigenvalue weighted by molar-refractivity contribution is 5.99. The molecule has 2 aromatic heterocycles. The highest BCUT2D eigenvalue weighted by atomic mass is 19.1. The predicted octanol–water partition coefficient (Wildman–Crippen LogP) is 3.17. The Morgan fingerprint density at radius 1 is 1.07 bits per heavy atom. The van der Waals surface area contributed by atoms with Crippen LogP contribution >= 0.6 is 0 Å². The zero-order valence-electron chi connectivity index (χ0n) is 16.2. The number of hydrogen-bond donors (Lipinski definition) is 2. The third kappa shape index (κ3) is 3.65. The van der Waals surface area contributed by atoms with Crippen LogP contribution in [-0.4, -0.2) is 21.6 Å². The predicted molar refractivity (Wildman–Crippen MR) is 103 cm³/mol. The van der Waals surface area contributed by atoms with E-state index >= 15 is 0 Å². The van der Waals surface area contributed by atoms with E-state index in [-0.39, 0.29) is 11.5 Å². The van der Waals surface area contributed by atoms with Crippen LogP contribution in [-0.2, 0) is 12.8 Å². The molecule has 2 N–H and O–H groups in total. The Bertz CT molecular complexity index is 1080. The van der Waals surface area contributed by atoms with Crippen LogP contribution in [0.3, 0.4) is 0 Å². The van der Waals surface area contributed by atoms with Crippen molar-refractivity contribution in [3.8, 4) is 5.69 Å². The first-order chi connectivity index (χ1) is 13.9. The number of carbonyl (C=O) groups is 2. The fourth-order valence-corrected chi connectivity index (χ4v) is 3.67. The molecule has 0 aliphatic heterocycles. The monoisotopic (exact) mass is 396 g/mol. The minimum Gasteiger partial charge on any atom is -0.466 e. The van der Waals surface area contributed by atoms with Gasteiger partial charge < -0.3 is 4.42 Å². The number of aromatic nitrogens is 2. The number of fused-ring (bicyclic) bond motifs is 1. The van der Waals surface area contributed by atoms with E-state index in [4.69, 9.17) is 4.42 Å². The van der Waals surface area contributed by atoms with Gasteiger partial charge in [-0.25, -0.2) is 9.07 Å². The van der Waals surface area contributed by atoms with Gasteiger partial charge in [0.2, 0.25) is 0 Å². The Morgan fingerprint density at radius 2 is 1.76 bits per heavy atom. The Balaban J connectivity index is 1.57. The first-order valence-electron chi connectivity index (χ1n) is 9.48. The third-order valence-electron chi connectivity index (χ3n) is 5.04. The number of aryl methyl sites for hydroxylation is 2. The van der Waals surface area contributed by atoms with Crippen LogP contribution in [0, 0.1) is 19.7 Å². The van der Waals surface area contributed by atoms with Crippen molar-refractivity contribution in [1.82, 2.24) is 20.6 Å². The molecule has 0 saturated carbocycles. The van der Waals surface area contributed by atoms with E-state index in [2.05, 4.69) is 16.0 Å². The van der Waals surface area contributed by atoms with Gasteiger partial charge in [-0.2, -0.15) is 5.10 Å². The van der Waals surface area contributed by atoms with E-state index in [1.165, 1.54) is 12.1 Å². The van der Waals surface area contributed by atoms with Gasteiger partial charge in [0.05, 0.1) is 11.3 Å². The second-order valence-electron chi connectivity index (χ2n) is 7.10. The molecule has 1 aliphatic rings. The molecular weight excluding hydrogens is 375 g/mol. The van der Waals surface area contributed by atoms with Crippen molar-refractivity contribution >= 4 is 11.8 Å². The van der Waals surface area contributed by atoms with E-state index < -0.39 is 11.8 Å². The van der Waals surface area contributed by atoms with Gasteiger partial charge in [-0.05, 0) is 69.9 Å². The Kier molecular flexibility index (Phi) is 4.92. The second-order valence-corrected chi connectivity index (χ2v) is 7.10. The number of halogens is 1. The van der Waals surface area contributed by atoms with Gasteiger partial charge in [0.25, 0.3) is 11.8 Å². The molecule has 7 nitrogen and oxygen atoms in total. The highest BCUT2D eigenvalue weighted by Gasteiger charge is 2.26. The Labute approximate surface area is 166 Å². The molecule has 4 rings (SSSR count). The minimum absolute atomic E-state index is 0.268. The van der Waals surface area contributed by atoms with E-state index in [0.29, 0.717) is 22.8 Å². The smallest absolute Gasteiger partial charge is 0.290 e. The lowest BCUT2D eigenvalue weighted by Gasteiger charge is -2.14. The topological polar surface area (TPSA) is 89.2 Å². The summed E-state index contributed by atoms with van der Waals surface area (Å²) in [6, 6.07) is 7.60. The molecule has 150 valence electrons. The number of amides is 2. The summed E-state index contributed by atoms with van der Waals surface area (Å²) in [5.41, 5.74) is 7.99. The molecule has 1 aliphatic carbocycles. The lowest BCUT2D eigenvalue weighted by molar-refractivity contribution is 0.0842. The van der Waals surface area contributed by atoms with E-state index in [9.17, 15) is 14.0 Å². The molecular formula is C21H21FN4O3. The van der Waals surface area contributed by atoms with Crippen molar-refractivity contribution in [2.24, 2.45) is 0 Å². The van der Waals surface area contributed by atoms with Crippen LogP contribution in [0.25, 0.3) is 5.69 Å². The molecule has 0 bridgehead atoms. The summed E-state index contributed by atoms with van der Waals surface area (Å²) in [6.07, 6.45) is 3.47. The number of nitrogens with one attached hydrogen (secondary N) is 2. The van der Waals surface area contributed by atoms with Crippen molar-refractivity contribution < 1.29 is 18.4 Å². The molecule has 0 spiro atoms. The molecule has 0 atom stereocenters. The molecule has 29 heavy (non-hydrogen) atoms. The number of benzene rings is 1. The zero-order chi connectivity index (χ0) is 20.5. The third-order valence-corrected chi connectivity index (χ3v) is 5.04. The van der Waals surface area contributed by atoms with E-state index in [0.717, 1.165) is 36.9 Å². The number of hydrogen-bond acceptors (Lipinski definition) is 4. The number of nitrogens with zero attached hydrogens (tertiary/aromatic N) is 2. The van der Waals surface area contributed by atoms with E-state index in [1.807, 2.05) is 0 Å². The van der Waals surface area contributed by atoms with Crippen molar-refractivity contribution in [2.45, 2.75) is 39.5 Å². The lowest BCUT2D eigenvalue weighted by Crippen LogP contribution is -2.42. The van der Waals surface area contributed by atoms with Crippen LogP contribution in [0.15, 0.2) is 34.7 Å². The first kappa shape index (κ1) is 18.9. The van der Waals surface area contributed by atoms with Crippen molar-refractivity contribution in [3.05, 3.63) is 70.2 Å². The number of rotatable bonds is 3. The average molecular weight is 396 g/mol. The fraction of sp³-hybridized carbons (Fsp3) is 0.286. The summed E-state index contributed by atoms with van der Waals surface area (Å²) >= 11 is 0. The molecule has 0 fully saturated rings. The van der Waals surface area contributed by atoms with Gasteiger partial charge in [-0.3, -0.25) is 20.4 Å². The maximum atomic E-state index is 13.3. The molecule has 1 aromatic carbocycles. The largest absolute Gasteiger partial charge is 0.466 e. The number of carbonyl (C=O) groups excluding carboxylic acids is 2. The number of hydrazine groups is 1. The zero-order valence-corrected chi connectivity index (χ0v) is 16.2. The molecule has 2 heterocycles. The second kappa shape index (κ2) is 7.54. The van der Waals surface area contributed by atoms with Crippen LogP contribution in [0.5, 0.6) is 0 Å². The fourth-order valence-electron chi connectivity index (χ4n) is 3.67. The van der Waals surface area contributed by atoms with Gasteiger partial charge >= 0.3 is 0 Å². The maximum Gasteiger partial charge on any atom is 0.290 e. The molecule has 0 unspecified atom stereocenters. The standard InChI is InChI=1S/C21H21FN4O3/c1-12-11-17(13(2)29-12)20(27)23-24-21(28)19-16-5-3-4-6-18(16)26(25-19)15-9-7-14(22)8-10-15/h7-11H,3-6H2,1-2H3,(H,23,27)(H,24,28). The van der Waals surface area contributed by atoms with E-state index in [1.54, 1.807) is 36.7 Å². The number of furan rings is 1. The summed E-state index contributed by atoms with van der Waals surface area (Å²) in [6.45, 7) is 3.43. The molecule has 0 radical (unpaired) electrons. The normalized spacial score (nSPS) is 13.1. The summed E-state index contributed by atoms with van der Waals surface area (Å²) in [7, 11) is 0. The van der Waals surface area contributed by atoms with Crippen LogP contribution in [0.2, 0.25) is 0 Å². The minimum atomic E-state index is -0.491. The quantitative estimate of drug-likeness (QED) is 0.666. The summed E-state index contributed by atoms with van der Waals surface area (Å²) in [4.78, 5) is 25.1. The average Bonchev–Trinajstić information content (AvgIpc) is 3.26. The highest BCUT2D eigenvalue weighted by Crippen LogP contribution is 2.27. The summed E-state index contributed by atoms with van der Waals surface area (Å²) in [5, 5.41) is 4.48. The van der Waals surface area contributed by atoms with Crippen LogP contribution in [0.1, 0.15) is 56.5 Å². The lowest BCUT2D eigenvalue weighted by atomic mass is 9.95. The van der Waals surface area contributed by atoms with Gasteiger partial charge in [0.15, 0.2) is 5.69 Å². The summed E-state index contributed by atoms with van der Waals surface area (Å²) in [5.74, 6) is -0.187. The van der Waals surface area contributed by atoms with Crippen LogP contribution in [0.4, 0.5) is 4.39 Å². The van der Waals surface area contributed by atoms with Crippen molar-refractivity contribution in [1.29, 1.82) is 0 Å². The maximum absolute atomic E-state index is 13.3. The Morgan fingerprint density at radius 3 is 2.45 bits per heavy atom. The molecule has 0 saturated heterocycles. The van der Waals surface area contributed by atoms with Crippen LogP contribution < -0.4 is 10.9 Å². The first-order valence-corrected chi connectivity index (χ1v) is 9.48. The van der Waals surface area contributed by atoms with Gasteiger partial charge in [-0.1, -0.05) is 0 Å². The van der Waals surface area contributed by atoms with Gasteiger partial charge in [-0.15, -0.1) is 0 Å². The SMILES string of the molecule is Cc1cc(C(=O)NNC(=O)c2nn(-c3ccc(F)cc3)c3c2CCCC3)c(C)o1. The molecule has 8 heteroatoms. The van der Waals surface area contributed by atoms with Crippen molar-refractivity contribution in [2.75, 3.05) is 0 Å². The van der Waals surface area contributed by atoms with Gasteiger partial charge in [0, 0.05) is 11.3 Å². The van der Waals surface area contributed by atoms with Crippen molar-refractivity contribution in [3.63, 3.8) is 0 Å². The molecule has 3 aromatic rings. The van der Waals surface area contributed by atoms with Gasteiger partial charge in [0.1, 0.15) is 17.3 Å².